The molecule has 1 aliphatic carbocycles. The third-order valence-corrected chi connectivity index (χ3v) is 6.61. The van der Waals surface area contributed by atoms with Crippen molar-refractivity contribution in [3.05, 3.63) is 78.1 Å². The van der Waals surface area contributed by atoms with Gasteiger partial charge in [-0.05, 0) is 106 Å². The molecule has 8 nitrogen and oxygen atoms in total. The fourth-order valence-electron chi connectivity index (χ4n) is 4.48. The highest BCUT2D eigenvalue weighted by molar-refractivity contribution is 5.83. The fraction of sp³-hybridized carbons (Fsp3) is 0.379. The lowest BCUT2D eigenvalue weighted by Gasteiger charge is -2.48. The summed E-state index contributed by atoms with van der Waals surface area (Å²) < 4.78 is 18.9. The molecule has 1 heterocycles. The molecule has 9 heteroatoms. The second-order valence-corrected chi connectivity index (χ2v) is 10.7. The van der Waals surface area contributed by atoms with E-state index in [1.54, 1.807) is 30.4 Å². The minimum absolute atomic E-state index is 0.0267. The third kappa shape index (κ3) is 6.66. The van der Waals surface area contributed by atoms with Crippen molar-refractivity contribution >= 4 is 17.9 Å². The molecule has 0 bridgehead atoms. The SMILES string of the molecule is CC(C)(C[C@@H](C=O)NC(=O)C1CC1)N[C@@]1(C(C)(O)O)C=CC=C(c2ccc(Oc3ccc(F)cc3)cc2)N1. The number of carbonyl (C=O) groups is 2. The number of benzene rings is 2. The van der Waals surface area contributed by atoms with Gasteiger partial charge in [-0.25, -0.2) is 4.39 Å². The first-order chi connectivity index (χ1) is 17.9. The Hall–Kier alpha value is -3.53. The Balaban J connectivity index is 1.48. The maximum Gasteiger partial charge on any atom is 0.223 e. The highest BCUT2D eigenvalue weighted by atomic mass is 19.1. The first-order valence-electron chi connectivity index (χ1n) is 12.6. The molecule has 38 heavy (non-hydrogen) atoms. The number of amides is 1. The van der Waals surface area contributed by atoms with Gasteiger partial charge in [-0.3, -0.25) is 10.1 Å². The van der Waals surface area contributed by atoms with Crippen LogP contribution in [-0.4, -0.2) is 45.4 Å². The monoisotopic (exact) mass is 523 g/mol. The molecule has 1 amide bonds. The summed E-state index contributed by atoms with van der Waals surface area (Å²) in [6.45, 7) is 4.92. The van der Waals surface area contributed by atoms with Gasteiger partial charge < -0.3 is 30.4 Å². The zero-order valence-electron chi connectivity index (χ0n) is 21.7. The maximum absolute atomic E-state index is 13.1. The molecule has 2 atom stereocenters. The van der Waals surface area contributed by atoms with Gasteiger partial charge in [-0.2, -0.15) is 0 Å². The number of nitrogens with one attached hydrogen (secondary N) is 3. The molecule has 0 unspecified atom stereocenters. The molecule has 202 valence electrons. The minimum atomic E-state index is -2.25. The van der Waals surface area contributed by atoms with Crippen molar-refractivity contribution in [2.45, 2.75) is 63.1 Å². The molecule has 1 fully saturated rings. The van der Waals surface area contributed by atoms with Gasteiger partial charge in [-0.1, -0.05) is 6.08 Å². The number of aliphatic hydroxyl groups is 2. The van der Waals surface area contributed by atoms with Crippen LogP contribution in [0.5, 0.6) is 11.5 Å². The summed E-state index contributed by atoms with van der Waals surface area (Å²) in [5.41, 5.74) is -0.941. The molecule has 1 saturated carbocycles. The molecule has 2 aliphatic rings. The van der Waals surface area contributed by atoms with E-state index in [9.17, 15) is 24.2 Å². The summed E-state index contributed by atoms with van der Waals surface area (Å²) in [7, 11) is 0. The topological polar surface area (TPSA) is 120 Å². The van der Waals surface area contributed by atoms with E-state index in [1.165, 1.54) is 31.2 Å². The van der Waals surface area contributed by atoms with Gasteiger partial charge in [-0.15, -0.1) is 0 Å². The van der Waals surface area contributed by atoms with Crippen molar-refractivity contribution in [1.82, 2.24) is 16.0 Å². The Morgan fingerprint density at radius 1 is 1.13 bits per heavy atom. The van der Waals surface area contributed by atoms with Crippen LogP contribution >= 0.6 is 0 Å². The lowest BCUT2D eigenvalue weighted by atomic mass is 9.88. The molecule has 1 aliphatic heterocycles. The molecule has 0 saturated heterocycles. The number of hydrogen-bond donors (Lipinski definition) is 5. The van der Waals surface area contributed by atoms with Crippen LogP contribution in [0.15, 0.2) is 66.8 Å². The molecular formula is C29H34FN3O5. The van der Waals surface area contributed by atoms with Crippen LogP contribution in [-0.2, 0) is 9.59 Å². The summed E-state index contributed by atoms with van der Waals surface area (Å²) in [6.07, 6.45) is 7.74. The predicted molar refractivity (Wildman–Crippen MR) is 141 cm³/mol. The maximum atomic E-state index is 13.1. The highest BCUT2D eigenvalue weighted by Crippen LogP contribution is 2.32. The second kappa shape index (κ2) is 10.7. The smallest absolute Gasteiger partial charge is 0.223 e. The van der Waals surface area contributed by atoms with E-state index in [0.717, 1.165) is 18.4 Å². The normalized spacial score (nSPS) is 20.2. The number of ether oxygens (including phenoxy) is 1. The van der Waals surface area contributed by atoms with Gasteiger partial charge in [0.15, 0.2) is 5.66 Å². The standard InChI is InChI=1S/C29H34FN3O5/c1-27(2,17-22(18-34)31-26(35)20-6-7-20)33-29(28(3,36)37)16-4-5-25(32-29)19-8-12-23(13-9-19)38-24-14-10-21(30)11-15-24/h4-5,8-16,18,20,22,32-33,36-37H,6-7,17H2,1-3H3,(H,31,35)/t22-,29+/m0/s1. The lowest BCUT2D eigenvalue weighted by Crippen LogP contribution is -2.73. The molecule has 0 radical (unpaired) electrons. The van der Waals surface area contributed by atoms with Gasteiger partial charge in [0, 0.05) is 17.2 Å². The van der Waals surface area contributed by atoms with Crippen molar-refractivity contribution < 1.29 is 28.9 Å². The Bertz CT molecular complexity index is 1210. The van der Waals surface area contributed by atoms with E-state index in [-0.39, 0.29) is 24.1 Å². The van der Waals surface area contributed by atoms with Crippen molar-refractivity contribution in [1.29, 1.82) is 0 Å². The largest absolute Gasteiger partial charge is 0.457 e. The number of rotatable bonds is 11. The quantitative estimate of drug-likeness (QED) is 0.226. The molecule has 5 N–H and O–H groups in total. The molecule has 0 aromatic heterocycles. The van der Waals surface area contributed by atoms with Crippen LogP contribution in [0.25, 0.3) is 5.70 Å². The molecule has 4 rings (SSSR count). The summed E-state index contributed by atoms with van der Waals surface area (Å²) in [6, 6.07) is 12.1. The first-order valence-corrected chi connectivity index (χ1v) is 12.6. The Morgan fingerprint density at radius 3 is 2.29 bits per heavy atom. The van der Waals surface area contributed by atoms with Crippen LogP contribution in [0.4, 0.5) is 4.39 Å². The van der Waals surface area contributed by atoms with Gasteiger partial charge >= 0.3 is 0 Å². The minimum Gasteiger partial charge on any atom is -0.457 e. The number of hydrogen-bond acceptors (Lipinski definition) is 7. The van der Waals surface area contributed by atoms with Crippen LogP contribution < -0.4 is 20.7 Å². The summed E-state index contributed by atoms with van der Waals surface area (Å²) >= 11 is 0. The van der Waals surface area contributed by atoms with Crippen molar-refractivity contribution in [2.24, 2.45) is 5.92 Å². The van der Waals surface area contributed by atoms with Gasteiger partial charge in [0.2, 0.25) is 11.7 Å². The van der Waals surface area contributed by atoms with E-state index in [0.29, 0.717) is 23.5 Å². The zero-order chi connectivity index (χ0) is 27.6. The highest BCUT2D eigenvalue weighted by Gasteiger charge is 2.49. The van der Waals surface area contributed by atoms with Crippen molar-refractivity contribution in [3.63, 3.8) is 0 Å². The van der Waals surface area contributed by atoms with Crippen LogP contribution in [0.3, 0.4) is 0 Å². The fourth-order valence-corrected chi connectivity index (χ4v) is 4.48. The number of allylic oxidation sites excluding steroid dienone is 2. The second-order valence-electron chi connectivity index (χ2n) is 10.7. The summed E-state index contributed by atoms with van der Waals surface area (Å²) in [5, 5.41) is 30.9. The Kier molecular flexibility index (Phi) is 7.73. The first kappa shape index (κ1) is 27.5. The average molecular weight is 524 g/mol. The third-order valence-electron chi connectivity index (χ3n) is 6.61. The Labute approximate surface area is 221 Å². The molecule has 2 aromatic rings. The van der Waals surface area contributed by atoms with E-state index in [4.69, 9.17) is 4.74 Å². The molecule has 0 spiro atoms. The van der Waals surface area contributed by atoms with Crippen molar-refractivity contribution in [3.8, 4) is 11.5 Å². The number of carbonyl (C=O) groups excluding carboxylic acids is 2. The zero-order valence-corrected chi connectivity index (χ0v) is 21.7. The van der Waals surface area contributed by atoms with Crippen molar-refractivity contribution in [2.75, 3.05) is 0 Å². The van der Waals surface area contributed by atoms with Crippen LogP contribution in [0.1, 0.15) is 45.6 Å². The number of halogens is 1. The summed E-state index contributed by atoms with van der Waals surface area (Å²) in [4.78, 5) is 23.9. The number of aldehydes is 1. The van der Waals surface area contributed by atoms with E-state index in [1.807, 2.05) is 26.0 Å². The Morgan fingerprint density at radius 2 is 1.74 bits per heavy atom. The predicted octanol–water partition coefficient (Wildman–Crippen LogP) is 3.37. The van der Waals surface area contributed by atoms with E-state index >= 15 is 0 Å². The van der Waals surface area contributed by atoms with Crippen LogP contribution in [0, 0.1) is 11.7 Å². The van der Waals surface area contributed by atoms with Gasteiger partial charge in [0.25, 0.3) is 0 Å². The van der Waals surface area contributed by atoms with E-state index in [2.05, 4.69) is 16.0 Å². The summed E-state index contributed by atoms with van der Waals surface area (Å²) in [5.74, 6) is -1.70. The number of dihydropyridines is 1. The average Bonchev–Trinajstić information content (AvgIpc) is 3.70. The lowest BCUT2D eigenvalue weighted by molar-refractivity contribution is -0.201. The molecule has 2 aromatic carbocycles. The van der Waals surface area contributed by atoms with Gasteiger partial charge in [0.05, 0.1) is 6.04 Å². The van der Waals surface area contributed by atoms with Gasteiger partial charge in [0.1, 0.15) is 23.6 Å². The van der Waals surface area contributed by atoms with E-state index < -0.39 is 23.0 Å². The molecular weight excluding hydrogens is 489 g/mol. The van der Waals surface area contributed by atoms with Crippen LogP contribution in [0.2, 0.25) is 0 Å².